The Morgan fingerprint density at radius 1 is 1.25 bits per heavy atom. The predicted octanol–water partition coefficient (Wildman–Crippen LogP) is 3.44. The number of hydrogen-bond donors (Lipinski definition) is 2. The fourth-order valence-electron chi connectivity index (χ4n) is 2.09. The monoisotopic (exact) mass is 268 g/mol. The van der Waals surface area contributed by atoms with E-state index < -0.39 is 5.41 Å². The number of nitrogens with zero attached hydrogens (tertiary/aromatic N) is 2. The largest absolute Gasteiger partial charge is 0.381 e. The van der Waals surface area contributed by atoms with Crippen molar-refractivity contribution in [2.24, 2.45) is 0 Å². The van der Waals surface area contributed by atoms with Crippen molar-refractivity contribution in [3.05, 3.63) is 46.8 Å². The molecule has 4 nitrogen and oxygen atoms in total. The summed E-state index contributed by atoms with van der Waals surface area (Å²) in [5.41, 5.74) is 4.95. The molecule has 2 aromatic rings. The van der Waals surface area contributed by atoms with E-state index in [9.17, 15) is 0 Å². The first-order valence-electron chi connectivity index (χ1n) is 6.70. The van der Waals surface area contributed by atoms with Crippen LogP contribution in [0.25, 0.3) is 0 Å². The summed E-state index contributed by atoms with van der Waals surface area (Å²) in [6.45, 7) is 8.62. The van der Waals surface area contributed by atoms with E-state index in [1.54, 1.807) is 0 Å². The van der Waals surface area contributed by atoms with Crippen molar-refractivity contribution in [3.8, 4) is 6.07 Å². The number of rotatable bonds is 4. The molecule has 0 unspecified atom stereocenters. The van der Waals surface area contributed by atoms with E-state index in [1.807, 2.05) is 52.0 Å². The Morgan fingerprint density at radius 2 is 1.90 bits per heavy atom. The number of aromatic nitrogens is 2. The number of anilines is 1. The molecule has 4 heteroatoms. The van der Waals surface area contributed by atoms with Crippen LogP contribution < -0.4 is 5.32 Å². The van der Waals surface area contributed by atoms with Crippen LogP contribution in [0.1, 0.15) is 36.4 Å². The summed E-state index contributed by atoms with van der Waals surface area (Å²) in [4.78, 5) is 0. The van der Waals surface area contributed by atoms with Gasteiger partial charge >= 0.3 is 0 Å². The molecule has 0 bridgehead atoms. The van der Waals surface area contributed by atoms with Crippen LogP contribution in [0.4, 0.5) is 5.69 Å². The predicted molar refractivity (Wildman–Crippen MR) is 80.5 cm³/mol. The van der Waals surface area contributed by atoms with Gasteiger partial charge in [0.1, 0.15) is 0 Å². The van der Waals surface area contributed by atoms with Crippen LogP contribution in [-0.2, 0) is 12.0 Å². The zero-order valence-electron chi connectivity index (χ0n) is 12.4. The van der Waals surface area contributed by atoms with Gasteiger partial charge in [-0.2, -0.15) is 10.4 Å². The van der Waals surface area contributed by atoms with Gasteiger partial charge in [-0.3, -0.25) is 5.10 Å². The highest BCUT2D eigenvalue weighted by molar-refractivity contribution is 5.47. The van der Waals surface area contributed by atoms with Crippen molar-refractivity contribution in [1.82, 2.24) is 10.2 Å². The van der Waals surface area contributed by atoms with Gasteiger partial charge in [-0.15, -0.1) is 0 Å². The molecule has 1 heterocycles. The number of aromatic amines is 1. The van der Waals surface area contributed by atoms with E-state index in [4.69, 9.17) is 5.26 Å². The Hall–Kier alpha value is -2.28. The van der Waals surface area contributed by atoms with Gasteiger partial charge in [0.25, 0.3) is 0 Å². The maximum absolute atomic E-state index is 9.13. The van der Waals surface area contributed by atoms with Crippen LogP contribution in [0.15, 0.2) is 24.3 Å². The maximum Gasteiger partial charge on any atom is 0.0766 e. The van der Waals surface area contributed by atoms with Gasteiger partial charge in [0.2, 0.25) is 0 Å². The SMILES string of the molecule is Cc1n[nH]c(C)c1CNc1ccc(C(C)(C)C#N)cc1. The minimum Gasteiger partial charge on any atom is -0.381 e. The van der Waals surface area contributed by atoms with E-state index in [0.29, 0.717) is 0 Å². The first-order chi connectivity index (χ1) is 9.44. The lowest BCUT2D eigenvalue weighted by Crippen LogP contribution is -2.13. The maximum atomic E-state index is 9.13. The number of hydrogen-bond acceptors (Lipinski definition) is 3. The molecule has 2 rings (SSSR count). The molecule has 0 radical (unpaired) electrons. The number of nitriles is 1. The van der Waals surface area contributed by atoms with Crippen molar-refractivity contribution >= 4 is 5.69 Å². The Balaban J connectivity index is 2.07. The summed E-state index contributed by atoms with van der Waals surface area (Å²) in [6.07, 6.45) is 0. The molecule has 104 valence electrons. The lowest BCUT2D eigenvalue weighted by molar-refractivity contribution is 0.687. The molecule has 0 aliphatic carbocycles. The van der Waals surface area contributed by atoms with Gasteiger partial charge in [-0.05, 0) is 45.4 Å². The third-order valence-corrected chi connectivity index (χ3v) is 3.64. The summed E-state index contributed by atoms with van der Waals surface area (Å²) < 4.78 is 0. The summed E-state index contributed by atoms with van der Waals surface area (Å²) in [5, 5.41) is 19.7. The minimum atomic E-state index is -0.448. The van der Waals surface area contributed by atoms with Crippen LogP contribution in [0.2, 0.25) is 0 Å². The fraction of sp³-hybridized carbons (Fsp3) is 0.375. The van der Waals surface area contributed by atoms with Crippen molar-refractivity contribution in [1.29, 1.82) is 5.26 Å². The molecular formula is C16H20N4. The molecule has 0 fully saturated rings. The number of nitrogens with one attached hydrogen (secondary N) is 2. The second-order valence-corrected chi connectivity index (χ2v) is 5.58. The van der Waals surface area contributed by atoms with E-state index in [0.717, 1.165) is 29.2 Å². The summed E-state index contributed by atoms with van der Waals surface area (Å²) in [7, 11) is 0. The van der Waals surface area contributed by atoms with Crippen molar-refractivity contribution in [3.63, 3.8) is 0 Å². The zero-order valence-corrected chi connectivity index (χ0v) is 12.4. The number of aryl methyl sites for hydroxylation is 2. The molecule has 0 spiro atoms. The summed E-state index contributed by atoms with van der Waals surface area (Å²) in [5.74, 6) is 0. The highest BCUT2D eigenvalue weighted by atomic mass is 15.1. The molecular weight excluding hydrogens is 248 g/mol. The topological polar surface area (TPSA) is 64.5 Å². The first kappa shape index (κ1) is 14.1. The second kappa shape index (κ2) is 5.38. The van der Waals surface area contributed by atoms with Crippen LogP contribution in [0.5, 0.6) is 0 Å². The highest BCUT2D eigenvalue weighted by Gasteiger charge is 2.19. The quantitative estimate of drug-likeness (QED) is 0.892. The molecule has 1 aromatic heterocycles. The Morgan fingerprint density at radius 3 is 2.40 bits per heavy atom. The molecule has 0 saturated heterocycles. The van der Waals surface area contributed by atoms with Crippen LogP contribution in [0.3, 0.4) is 0 Å². The molecule has 0 saturated carbocycles. The molecule has 0 aliphatic heterocycles. The van der Waals surface area contributed by atoms with Gasteiger partial charge in [-0.1, -0.05) is 12.1 Å². The molecule has 20 heavy (non-hydrogen) atoms. The van der Waals surface area contributed by atoms with E-state index in [-0.39, 0.29) is 0 Å². The molecule has 2 N–H and O–H groups in total. The lowest BCUT2D eigenvalue weighted by atomic mass is 9.86. The first-order valence-corrected chi connectivity index (χ1v) is 6.70. The highest BCUT2D eigenvalue weighted by Crippen LogP contribution is 2.24. The van der Waals surface area contributed by atoms with Crippen LogP contribution in [0, 0.1) is 25.2 Å². The molecule has 0 amide bonds. The van der Waals surface area contributed by atoms with Gasteiger partial charge in [0, 0.05) is 23.5 Å². The molecule has 1 aromatic carbocycles. The standard InChI is InChI=1S/C16H20N4/c1-11-15(12(2)20-19-11)9-18-14-7-5-13(6-8-14)16(3,4)10-17/h5-8,18H,9H2,1-4H3,(H,19,20). The lowest BCUT2D eigenvalue weighted by Gasteiger charge is -2.16. The average Bonchev–Trinajstić information content (AvgIpc) is 2.76. The third kappa shape index (κ3) is 2.83. The number of H-pyrrole nitrogens is 1. The molecule has 0 aliphatic rings. The Labute approximate surface area is 119 Å². The van der Waals surface area contributed by atoms with Crippen molar-refractivity contribution in [2.45, 2.75) is 39.7 Å². The fourth-order valence-corrected chi connectivity index (χ4v) is 2.09. The minimum absolute atomic E-state index is 0.448. The molecule has 0 atom stereocenters. The normalized spacial score (nSPS) is 11.2. The zero-order chi connectivity index (χ0) is 14.8. The Bertz CT molecular complexity index is 610. The third-order valence-electron chi connectivity index (χ3n) is 3.64. The van der Waals surface area contributed by atoms with Gasteiger partial charge in [-0.25, -0.2) is 0 Å². The van der Waals surface area contributed by atoms with E-state index >= 15 is 0 Å². The van der Waals surface area contributed by atoms with Crippen LogP contribution in [-0.4, -0.2) is 10.2 Å². The van der Waals surface area contributed by atoms with Crippen molar-refractivity contribution < 1.29 is 0 Å². The van der Waals surface area contributed by atoms with E-state index in [2.05, 4.69) is 21.6 Å². The smallest absolute Gasteiger partial charge is 0.0766 e. The van der Waals surface area contributed by atoms with Crippen molar-refractivity contribution in [2.75, 3.05) is 5.32 Å². The van der Waals surface area contributed by atoms with Gasteiger partial charge in [0.05, 0.1) is 17.2 Å². The second-order valence-electron chi connectivity index (χ2n) is 5.58. The average molecular weight is 268 g/mol. The summed E-state index contributed by atoms with van der Waals surface area (Å²) >= 11 is 0. The summed E-state index contributed by atoms with van der Waals surface area (Å²) in [6, 6.07) is 10.3. The van der Waals surface area contributed by atoms with Gasteiger partial charge in [0.15, 0.2) is 0 Å². The number of benzene rings is 1. The van der Waals surface area contributed by atoms with Crippen LogP contribution >= 0.6 is 0 Å². The van der Waals surface area contributed by atoms with Gasteiger partial charge < -0.3 is 5.32 Å². The Kier molecular flexibility index (Phi) is 3.80. The van der Waals surface area contributed by atoms with E-state index in [1.165, 1.54) is 5.56 Å².